The summed E-state index contributed by atoms with van der Waals surface area (Å²) in [6, 6.07) is 55.2. The first-order valence-electron chi connectivity index (χ1n) is 16.8. The summed E-state index contributed by atoms with van der Waals surface area (Å²) in [5.41, 5.74) is 18.6. The van der Waals surface area contributed by atoms with Gasteiger partial charge in [0.2, 0.25) is 0 Å². The second kappa shape index (κ2) is 10.1. The Morgan fingerprint density at radius 3 is 2.02 bits per heavy atom. The van der Waals surface area contributed by atoms with E-state index in [1.165, 1.54) is 82.9 Å². The van der Waals surface area contributed by atoms with Gasteiger partial charge in [0.1, 0.15) is 0 Å². The molecule has 0 aliphatic carbocycles. The van der Waals surface area contributed by atoms with E-state index in [4.69, 9.17) is 0 Å². The van der Waals surface area contributed by atoms with E-state index in [2.05, 4.69) is 183 Å². The summed E-state index contributed by atoms with van der Waals surface area (Å²) in [6.45, 7) is 4.77. The van der Waals surface area contributed by atoms with Crippen LogP contribution in [0, 0.1) is 0 Å². The maximum atomic E-state index is 3.75. The number of fused-ring (bicyclic) bond motifs is 1. The van der Waals surface area contributed by atoms with Gasteiger partial charge in [0.25, 0.3) is 0 Å². The maximum absolute atomic E-state index is 3.75. The molecule has 2 nitrogen and oxygen atoms in total. The van der Waals surface area contributed by atoms with Gasteiger partial charge < -0.3 is 9.88 Å². The summed E-state index contributed by atoms with van der Waals surface area (Å²) >= 11 is 0. The van der Waals surface area contributed by atoms with Gasteiger partial charge >= 0.3 is 0 Å². The Morgan fingerprint density at radius 2 is 1.21 bits per heavy atom. The maximum Gasteiger partial charge on any atom is 0.197 e. The Kier molecular flexibility index (Phi) is 5.75. The first kappa shape index (κ1) is 27.3. The van der Waals surface area contributed by atoms with Crippen molar-refractivity contribution in [2.75, 3.05) is 5.32 Å². The zero-order valence-electron chi connectivity index (χ0n) is 27.0. The minimum Gasteiger partial charge on any atom is -0.355 e. The molecule has 10 rings (SSSR count). The highest BCUT2D eigenvalue weighted by atomic mass is 15.0. The summed E-state index contributed by atoms with van der Waals surface area (Å²) in [7, 11) is 2.45. The highest BCUT2D eigenvalue weighted by Crippen LogP contribution is 2.51. The molecule has 48 heavy (non-hydrogen) atoms. The molecule has 0 spiro atoms. The Morgan fingerprint density at radius 1 is 0.542 bits per heavy atom. The van der Waals surface area contributed by atoms with Crippen molar-refractivity contribution in [3.05, 3.63) is 163 Å². The summed E-state index contributed by atoms with van der Waals surface area (Å²) in [6.07, 6.45) is 0. The molecule has 1 radical (unpaired) electrons. The standard InChI is InChI=1S/C45H32BN2/c1-45(2)36-23-13-22-33-40-34(31-20-10-9-19-30(31)28-15-5-3-6-16-28)27-35(32-21-11-12-26-39(32)47-29-17-7-4-8-18-29)41-44(40)48(42(33)36)43-37(45)24-14-25-38(43)46-41/h3-27,47H,1-2H3. The number of aromatic nitrogens is 1. The van der Waals surface area contributed by atoms with E-state index >= 15 is 0 Å². The van der Waals surface area contributed by atoms with E-state index in [-0.39, 0.29) is 5.41 Å². The number of nitrogens with zero attached hydrogens (tertiary/aromatic N) is 1. The van der Waals surface area contributed by atoms with Crippen LogP contribution < -0.4 is 16.2 Å². The van der Waals surface area contributed by atoms with E-state index in [0.717, 1.165) is 11.4 Å². The average molecular weight is 612 g/mol. The molecule has 2 aliphatic heterocycles. The largest absolute Gasteiger partial charge is 0.355 e. The minimum absolute atomic E-state index is 0.127. The minimum atomic E-state index is -0.127. The van der Waals surface area contributed by atoms with E-state index in [1.807, 2.05) is 0 Å². The van der Waals surface area contributed by atoms with E-state index in [0.29, 0.717) is 0 Å². The van der Waals surface area contributed by atoms with Gasteiger partial charge in [-0.25, -0.2) is 0 Å². The van der Waals surface area contributed by atoms with Gasteiger partial charge in [-0.05, 0) is 68.7 Å². The molecule has 0 saturated heterocycles. The van der Waals surface area contributed by atoms with Crippen LogP contribution in [0.1, 0.15) is 25.0 Å². The molecule has 1 N–H and O–H groups in total. The molecular weight excluding hydrogens is 579 g/mol. The molecule has 2 aliphatic rings. The fourth-order valence-corrected chi connectivity index (χ4v) is 8.42. The lowest BCUT2D eigenvalue weighted by molar-refractivity contribution is 0.631. The van der Waals surface area contributed by atoms with Crippen molar-refractivity contribution in [2.24, 2.45) is 0 Å². The van der Waals surface area contributed by atoms with E-state index in [1.54, 1.807) is 0 Å². The van der Waals surface area contributed by atoms with Crippen molar-refractivity contribution in [1.82, 2.24) is 4.57 Å². The first-order chi connectivity index (χ1) is 23.6. The van der Waals surface area contributed by atoms with Crippen molar-refractivity contribution >= 4 is 51.4 Å². The van der Waals surface area contributed by atoms with Gasteiger partial charge in [-0.2, -0.15) is 0 Å². The molecule has 7 aromatic carbocycles. The van der Waals surface area contributed by atoms with Gasteiger partial charge in [-0.3, -0.25) is 0 Å². The number of anilines is 2. The van der Waals surface area contributed by atoms with Crippen LogP contribution in [-0.4, -0.2) is 11.8 Å². The van der Waals surface area contributed by atoms with Crippen LogP contribution in [0.5, 0.6) is 0 Å². The SMILES string of the molecule is CC1(C)c2cccc3c2-n2c4c1cccc4c1c(-c4ccccc4-c4ccccc4)cc(-c4ccccc4Nc4ccccc4)c(c12)[B]3. The van der Waals surface area contributed by atoms with Crippen molar-refractivity contribution < 1.29 is 0 Å². The number of rotatable bonds is 5. The second-order valence-corrected chi connectivity index (χ2v) is 13.6. The smallest absolute Gasteiger partial charge is 0.197 e. The van der Waals surface area contributed by atoms with Crippen LogP contribution in [0.25, 0.3) is 60.9 Å². The second-order valence-electron chi connectivity index (χ2n) is 13.6. The quantitative estimate of drug-likeness (QED) is 0.192. The van der Waals surface area contributed by atoms with Crippen LogP contribution in [-0.2, 0) is 5.41 Å². The summed E-state index contributed by atoms with van der Waals surface area (Å²) in [5.74, 6) is 0. The zero-order valence-corrected chi connectivity index (χ0v) is 27.0. The third kappa shape index (κ3) is 3.76. The number of para-hydroxylation sites is 4. The molecule has 8 aromatic rings. The van der Waals surface area contributed by atoms with Crippen LogP contribution in [0.3, 0.4) is 0 Å². The Bertz CT molecular complexity index is 2580. The predicted octanol–water partition coefficient (Wildman–Crippen LogP) is 10.1. The Labute approximate surface area is 281 Å². The topological polar surface area (TPSA) is 17.0 Å². The lowest BCUT2D eigenvalue weighted by Gasteiger charge is -2.37. The van der Waals surface area contributed by atoms with E-state index < -0.39 is 0 Å². The van der Waals surface area contributed by atoms with Crippen molar-refractivity contribution in [3.8, 4) is 39.1 Å². The van der Waals surface area contributed by atoms with Gasteiger partial charge in [-0.1, -0.05) is 147 Å². The molecule has 0 fully saturated rings. The molecule has 3 heteroatoms. The van der Waals surface area contributed by atoms with Crippen molar-refractivity contribution in [1.29, 1.82) is 0 Å². The third-order valence-corrected chi connectivity index (χ3v) is 10.6. The molecular formula is C45H32BN2. The molecule has 225 valence electrons. The predicted molar refractivity (Wildman–Crippen MR) is 204 cm³/mol. The molecule has 1 aromatic heterocycles. The van der Waals surface area contributed by atoms with Crippen molar-refractivity contribution in [2.45, 2.75) is 19.3 Å². The Balaban J connectivity index is 1.38. The highest BCUT2D eigenvalue weighted by Gasteiger charge is 2.39. The highest BCUT2D eigenvalue weighted by molar-refractivity contribution is 6.73. The molecule has 0 amide bonds. The normalized spacial score (nSPS) is 13.5. The molecule has 0 atom stereocenters. The van der Waals surface area contributed by atoms with Gasteiger partial charge in [0.05, 0.1) is 5.52 Å². The first-order valence-corrected chi connectivity index (χ1v) is 16.8. The monoisotopic (exact) mass is 611 g/mol. The summed E-state index contributed by atoms with van der Waals surface area (Å²) < 4.78 is 2.61. The summed E-state index contributed by atoms with van der Waals surface area (Å²) in [4.78, 5) is 0. The van der Waals surface area contributed by atoms with Crippen LogP contribution in [0.2, 0.25) is 0 Å². The van der Waals surface area contributed by atoms with Crippen LogP contribution >= 0.6 is 0 Å². The number of hydrogen-bond acceptors (Lipinski definition) is 1. The van der Waals surface area contributed by atoms with E-state index in [9.17, 15) is 0 Å². The van der Waals surface area contributed by atoms with Crippen LogP contribution in [0.15, 0.2) is 152 Å². The number of nitrogens with one attached hydrogen (secondary N) is 1. The molecule has 3 heterocycles. The van der Waals surface area contributed by atoms with Gasteiger partial charge in [-0.15, -0.1) is 0 Å². The van der Waals surface area contributed by atoms with Gasteiger partial charge in [0.15, 0.2) is 7.28 Å². The third-order valence-electron chi connectivity index (χ3n) is 10.6. The molecule has 0 saturated carbocycles. The average Bonchev–Trinajstić information content (AvgIpc) is 3.49. The zero-order chi connectivity index (χ0) is 32.0. The lowest BCUT2D eigenvalue weighted by Crippen LogP contribution is -2.41. The van der Waals surface area contributed by atoms with Crippen LogP contribution in [0.4, 0.5) is 11.4 Å². The summed E-state index contributed by atoms with van der Waals surface area (Å²) in [5, 5.41) is 6.38. The van der Waals surface area contributed by atoms with Gasteiger partial charge in [0, 0.05) is 44.3 Å². The number of hydrogen-bond donors (Lipinski definition) is 1. The fourth-order valence-electron chi connectivity index (χ4n) is 8.42. The fraction of sp³-hybridized carbons (Fsp3) is 0.0667. The van der Waals surface area contributed by atoms with Crippen molar-refractivity contribution in [3.63, 3.8) is 0 Å². The molecule has 0 bridgehead atoms. The number of benzene rings is 7. The molecule has 0 unspecified atom stereocenters. The Hall–Kier alpha value is -5.80. The lowest BCUT2D eigenvalue weighted by atomic mass is 9.57.